The first kappa shape index (κ1) is 16.3. The third kappa shape index (κ3) is 3.77. The molecule has 118 valence electrons. The van der Waals surface area contributed by atoms with Gasteiger partial charge in [-0.15, -0.1) is 0 Å². The topological polar surface area (TPSA) is 72.3 Å². The molecule has 1 atom stereocenters. The molecule has 8 heteroatoms. The number of aryl methyl sites for hydroxylation is 1. The summed E-state index contributed by atoms with van der Waals surface area (Å²) in [6, 6.07) is 1.85. The van der Waals surface area contributed by atoms with Gasteiger partial charge in [-0.2, -0.15) is 5.10 Å². The Kier molecular flexibility index (Phi) is 4.10. The molecule has 1 fully saturated rings. The lowest BCUT2D eigenvalue weighted by molar-refractivity contribution is -0.117. The van der Waals surface area contributed by atoms with Crippen LogP contribution in [0, 0.1) is 12.8 Å². The van der Waals surface area contributed by atoms with E-state index < -0.39 is 9.05 Å². The number of carbonyl (C=O) groups is 1. The lowest BCUT2D eigenvalue weighted by atomic mass is 10.1. The summed E-state index contributed by atoms with van der Waals surface area (Å²) in [5.74, 6) is 0.160. The molecule has 6 nitrogen and oxygen atoms in total. The summed E-state index contributed by atoms with van der Waals surface area (Å²) in [6.07, 6.45) is 0.195. The molecule has 21 heavy (non-hydrogen) atoms. The minimum absolute atomic E-state index is 0.0919. The molecule has 1 aliphatic heterocycles. The largest absolute Gasteiger partial charge is 0.297 e. The zero-order valence-electron chi connectivity index (χ0n) is 12.6. The first-order chi connectivity index (χ1) is 9.47. The van der Waals surface area contributed by atoms with Gasteiger partial charge in [-0.05, 0) is 27.7 Å². The molecule has 0 N–H and O–H groups in total. The first-order valence-electron chi connectivity index (χ1n) is 6.77. The van der Waals surface area contributed by atoms with E-state index in [-0.39, 0.29) is 29.5 Å². The summed E-state index contributed by atoms with van der Waals surface area (Å²) in [5.41, 5.74) is 0.557. The second kappa shape index (κ2) is 5.28. The standard InChI is InChI=1S/C13H20ClN3O3S/c1-9-5-11(17(15-9)13(2,3)4)16-7-10(6-12(16)18)8-21(14,19)20/h5,10H,6-8H2,1-4H3. The fourth-order valence-corrected chi connectivity index (χ4v) is 3.89. The first-order valence-corrected chi connectivity index (χ1v) is 9.25. The number of aromatic nitrogens is 2. The number of hydrogen-bond donors (Lipinski definition) is 0. The highest BCUT2D eigenvalue weighted by molar-refractivity contribution is 8.13. The lowest BCUT2D eigenvalue weighted by Crippen LogP contribution is -2.33. The van der Waals surface area contributed by atoms with E-state index in [4.69, 9.17) is 10.7 Å². The molecule has 1 unspecified atom stereocenters. The molecule has 1 aromatic rings. The summed E-state index contributed by atoms with van der Waals surface area (Å²) >= 11 is 0. The van der Waals surface area contributed by atoms with E-state index >= 15 is 0 Å². The average Bonchev–Trinajstić information content (AvgIpc) is 2.78. The van der Waals surface area contributed by atoms with Crippen molar-refractivity contribution in [1.29, 1.82) is 0 Å². The van der Waals surface area contributed by atoms with Gasteiger partial charge in [0.25, 0.3) is 0 Å². The molecule has 0 radical (unpaired) electrons. The van der Waals surface area contributed by atoms with E-state index in [9.17, 15) is 13.2 Å². The van der Waals surface area contributed by atoms with Gasteiger partial charge in [0.1, 0.15) is 5.82 Å². The number of amides is 1. The van der Waals surface area contributed by atoms with Crippen LogP contribution in [-0.4, -0.2) is 36.4 Å². The van der Waals surface area contributed by atoms with Crippen molar-refractivity contribution in [3.05, 3.63) is 11.8 Å². The average molecular weight is 334 g/mol. The summed E-state index contributed by atoms with van der Waals surface area (Å²) in [4.78, 5) is 13.8. The van der Waals surface area contributed by atoms with Gasteiger partial charge < -0.3 is 0 Å². The van der Waals surface area contributed by atoms with Crippen LogP contribution < -0.4 is 4.90 Å². The normalized spacial score (nSPS) is 20.3. The number of anilines is 1. The smallest absolute Gasteiger partial charge is 0.232 e. The van der Waals surface area contributed by atoms with Crippen molar-refractivity contribution in [3.8, 4) is 0 Å². The quantitative estimate of drug-likeness (QED) is 0.792. The molecule has 0 aliphatic carbocycles. The molecule has 1 aliphatic rings. The number of carbonyl (C=O) groups excluding carboxylic acids is 1. The van der Waals surface area contributed by atoms with Crippen LogP contribution in [0.4, 0.5) is 5.82 Å². The van der Waals surface area contributed by atoms with Gasteiger partial charge in [-0.1, -0.05) is 0 Å². The molecule has 2 rings (SSSR count). The Morgan fingerprint density at radius 1 is 1.43 bits per heavy atom. The van der Waals surface area contributed by atoms with E-state index in [1.165, 1.54) is 0 Å². The van der Waals surface area contributed by atoms with Crippen molar-refractivity contribution in [1.82, 2.24) is 9.78 Å². The van der Waals surface area contributed by atoms with E-state index in [1.807, 2.05) is 33.8 Å². The minimum atomic E-state index is -3.60. The zero-order chi connectivity index (χ0) is 16.0. The molecule has 2 heterocycles. The zero-order valence-corrected chi connectivity index (χ0v) is 14.2. The van der Waals surface area contributed by atoms with Crippen LogP contribution in [0.3, 0.4) is 0 Å². The van der Waals surface area contributed by atoms with Crippen LogP contribution in [0.2, 0.25) is 0 Å². The molecular weight excluding hydrogens is 314 g/mol. The maximum absolute atomic E-state index is 12.2. The highest BCUT2D eigenvalue weighted by Gasteiger charge is 2.36. The van der Waals surface area contributed by atoms with E-state index in [2.05, 4.69) is 5.10 Å². The fourth-order valence-electron chi connectivity index (χ4n) is 2.57. The predicted octanol–water partition coefficient (Wildman–Crippen LogP) is 1.87. The van der Waals surface area contributed by atoms with Crippen molar-refractivity contribution < 1.29 is 13.2 Å². The van der Waals surface area contributed by atoms with Gasteiger partial charge >= 0.3 is 0 Å². The van der Waals surface area contributed by atoms with Gasteiger partial charge in [-0.3, -0.25) is 9.69 Å². The molecule has 1 saturated heterocycles. The highest BCUT2D eigenvalue weighted by atomic mass is 35.7. The predicted molar refractivity (Wildman–Crippen MR) is 82.1 cm³/mol. The Balaban J connectivity index is 2.30. The van der Waals surface area contributed by atoms with Crippen LogP contribution in [0.15, 0.2) is 6.07 Å². The van der Waals surface area contributed by atoms with Crippen molar-refractivity contribution >= 4 is 31.5 Å². The Morgan fingerprint density at radius 3 is 2.57 bits per heavy atom. The molecule has 1 aromatic heterocycles. The van der Waals surface area contributed by atoms with Gasteiger partial charge in [0.05, 0.1) is 17.0 Å². The third-order valence-electron chi connectivity index (χ3n) is 3.36. The minimum Gasteiger partial charge on any atom is -0.297 e. The number of halogens is 1. The van der Waals surface area contributed by atoms with Gasteiger partial charge in [0, 0.05) is 35.6 Å². The summed E-state index contributed by atoms with van der Waals surface area (Å²) in [7, 11) is 1.69. The number of nitrogens with zero attached hydrogens (tertiary/aromatic N) is 3. The maximum atomic E-state index is 12.2. The molecular formula is C13H20ClN3O3S. The molecule has 0 spiro atoms. The van der Waals surface area contributed by atoms with Gasteiger partial charge in [-0.25, -0.2) is 13.1 Å². The van der Waals surface area contributed by atoms with Crippen molar-refractivity contribution in [2.24, 2.45) is 5.92 Å². The summed E-state index contributed by atoms with van der Waals surface area (Å²) in [6.45, 7) is 8.23. The summed E-state index contributed by atoms with van der Waals surface area (Å²) in [5, 5.41) is 4.44. The lowest BCUT2D eigenvalue weighted by Gasteiger charge is -2.26. The SMILES string of the molecule is Cc1cc(N2CC(CS(=O)(=O)Cl)CC2=O)n(C(C)(C)C)n1. The van der Waals surface area contributed by atoms with E-state index in [0.717, 1.165) is 5.69 Å². The highest BCUT2D eigenvalue weighted by Crippen LogP contribution is 2.30. The molecule has 1 amide bonds. The van der Waals surface area contributed by atoms with E-state index in [0.29, 0.717) is 12.4 Å². The summed E-state index contributed by atoms with van der Waals surface area (Å²) < 4.78 is 24.2. The number of hydrogen-bond acceptors (Lipinski definition) is 4. The van der Waals surface area contributed by atoms with Crippen molar-refractivity contribution in [3.63, 3.8) is 0 Å². The monoisotopic (exact) mass is 333 g/mol. The molecule has 0 aromatic carbocycles. The van der Waals surface area contributed by atoms with Crippen LogP contribution in [0.25, 0.3) is 0 Å². The second-order valence-electron chi connectivity index (χ2n) is 6.51. The van der Waals surface area contributed by atoms with Crippen LogP contribution in [-0.2, 0) is 19.4 Å². The third-order valence-corrected chi connectivity index (χ3v) is 4.61. The van der Waals surface area contributed by atoms with Gasteiger partial charge in [0.15, 0.2) is 0 Å². The Labute approximate surface area is 129 Å². The maximum Gasteiger partial charge on any atom is 0.232 e. The van der Waals surface area contributed by atoms with Crippen LogP contribution >= 0.6 is 10.7 Å². The number of rotatable bonds is 3. The Morgan fingerprint density at radius 2 is 2.05 bits per heavy atom. The van der Waals surface area contributed by atoms with Gasteiger partial charge in [0.2, 0.25) is 15.0 Å². The van der Waals surface area contributed by atoms with E-state index in [1.54, 1.807) is 9.58 Å². The van der Waals surface area contributed by atoms with Crippen molar-refractivity contribution in [2.75, 3.05) is 17.2 Å². The second-order valence-corrected chi connectivity index (χ2v) is 9.33. The molecule has 0 saturated carbocycles. The molecule has 0 bridgehead atoms. The van der Waals surface area contributed by atoms with Crippen molar-refractivity contribution in [2.45, 2.75) is 39.7 Å². The Hall–Kier alpha value is -1.08. The Bertz CT molecular complexity index is 661. The van der Waals surface area contributed by atoms with Crippen LogP contribution in [0.1, 0.15) is 32.9 Å². The fraction of sp³-hybridized carbons (Fsp3) is 0.692. The van der Waals surface area contributed by atoms with Crippen LogP contribution in [0.5, 0.6) is 0 Å².